The molecular formula is C28H28N2O3. The molecule has 5 nitrogen and oxygen atoms in total. The average molecular weight is 441 g/mol. The quantitative estimate of drug-likeness (QED) is 0.558. The van der Waals surface area contributed by atoms with Crippen molar-refractivity contribution in [3.63, 3.8) is 0 Å². The summed E-state index contributed by atoms with van der Waals surface area (Å²) in [4.78, 5) is 30.2. The number of carbonyl (C=O) groups excluding carboxylic acids is 2. The third-order valence-corrected chi connectivity index (χ3v) is 6.76. The Morgan fingerprint density at radius 1 is 0.788 bits per heavy atom. The predicted molar refractivity (Wildman–Crippen MR) is 128 cm³/mol. The lowest BCUT2D eigenvalue weighted by molar-refractivity contribution is -0.131. The van der Waals surface area contributed by atoms with Crippen LogP contribution >= 0.6 is 0 Å². The van der Waals surface area contributed by atoms with Crippen molar-refractivity contribution in [1.82, 2.24) is 4.90 Å². The summed E-state index contributed by atoms with van der Waals surface area (Å²) in [5.41, 5.74) is 2.30. The van der Waals surface area contributed by atoms with Gasteiger partial charge in [0.15, 0.2) is 0 Å². The summed E-state index contributed by atoms with van der Waals surface area (Å²) < 4.78 is 5.94. The van der Waals surface area contributed by atoms with E-state index in [1.807, 2.05) is 95.9 Å². The molecule has 2 aliphatic rings. The number of hydrogen-bond acceptors (Lipinski definition) is 3. The summed E-state index contributed by atoms with van der Waals surface area (Å²) in [5.74, 6) is -0.234. The average Bonchev–Trinajstić information content (AvgIpc) is 3.05. The van der Waals surface area contributed by atoms with E-state index in [2.05, 4.69) is 0 Å². The first kappa shape index (κ1) is 21.3. The summed E-state index contributed by atoms with van der Waals surface area (Å²) >= 11 is 0. The van der Waals surface area contributed by atoms with Gasteiger partial charge in [-0.15, -0.1) is 0 Å². The third-order valence-electron chi connectivity index (χ3n) is 6.76. The first-order valence-corrected chi connectivity index (χ1v) is 11.6. The summed E-state index contributed by atoms with van der Waals surface area (Å²) in [6.07, 6.45) is 1.90. The maximum atomic E-state index is 13.8. The van der Waals surface area contributed by atoms with Gasteiger partial charge in [0.25, 0.3) is 0 Å². The second-order valence-electron chi connectivity index (χ2n) is 8.91. The number of para-hydroxylation sites is 1. The highest BCUT2D eigenvalue weighted by Gasteiger charge is 2.47. The van der Waals surface area contributed by atoms with Crippen molar-refractivity contribution in [2.24, 2.45) is 0 Å². The van der Waals surface area contributed by atoms with Crippen LogP contribution in [-0.4, -0.2) is 42.1 Å². The van der Waals surface area contributed by atoms with Gasteiger partial charge in [-0.25, -0.2) is 4.79 Å². The summed E-state index contributed by atoms with van der Waals surface area (Å²) in [5, 5.41) is 0. The van der Waals surface area contributed by atoms with Gasteiger partial charge in [0.2, 0.25) is 5.91 Å². The molecule has 1 spiro atoms. The Bertz CT molecular complexity index is 1060. The van der Waals surface area contributed by atoms with Gasteiger partial charge in [-0.1, -0.05) is 78.9 Å². The molecule has 0 N–H and O–H groups in total. The molecule has 2 heterocycles. The van der Waals surface area contributed by atoms with Crippen molar-refractivity contribution in [2.75, 3.05) is 24.5 Å². The number of benzene rings is 3. The largest absolute Gasteiger partial charge is 0.441 e. The molecule has 3 aromatic carbocycles. The van der Waals surface area contributed by atoms with Gasteiger partial charge in [-0.2, -0.15) is 0 Å². The van der Waals surface area contributed by atoms with E-state index in [1.165, 1.54) is 0 Å². The highest BCUT2D eigenvalue weighted by atomic mass is 16.6. The zero-order valence-electron chi connectivity index (χ0n) is 18.6. The number of likely N-dealkylation sites (tertiary alicyclic amines) is 1. The molecule has 33 heavy (non-hydrogen) atoms. The zero-order chi connectivity index (χ0) is 22.7. The molecule has 5 rings (SSSR count). The molecule has 0 saturated carbocycles. The lowest BCUT2D eigenvalue weighted by Gasteiger charge is -2.28. The van der Waals surface area contributed by atoms with Gasteiger partial charge in [0.05, 0.1) is 12.5 Å². The molecule has 5 heteroatoms. The van der Waals surface area contributed by atoms with Crippen LogP contribution < -0.4 is 4.90 Å². The van der Waals surface area contributed by atoms with Crippen molar-refractivity contribution in [1.29, 1.82) is 0 Å². The minimum absolute atomic E-state index is 0.105. The zero-order valence-corrected chi connectivity index (χ0v) is 18.6. The van der Waals surface area contributed by atoms with Crippen molar-refractivity contribution >= 4 is 17.7 Å². The summed E-state index contributed by atoms with van der Waals surface area (Å²) in [6.45, 7) is 1.77. The Balaban J connectivity index is 1.35. The monoisotopic (exact) mass is 440 g/mol. The smallest absolute Gasteiger partial charge is 0.415 e. The molecule has 1 atom stereocenters. The van der Waals surface area contributed by atoms with Crippen LogP contribution in [0.3, 0.4) is 0 Å². The number of ether oxygens (including phenoxy) is 1. The van der Waals surface area contributed by atoms with Crippen LogP contribution in [-0.2, 0) is 9.53 Å². The fraction of sp³-hybridized carbons (Fsp3) is 0.286. The second kappa shape index (κ2) is 9.10. The highest BCUT2D eigenvalue weighted by molar-refractivity contribution is 5.90. The van der Waals surface area contributed by atoms with Crippen LogP contribution in [0.4, 0.5) is 10.5 Å². The van der Waals surface area contributed by atoms with Crippen molar-refractivity contribution < 1.29 is 14.3 Å². The van der Waals surface area contributed by atoms with Crippen molar-refractivity contribution in [2.45, 2.75) is 30.8 Å². The minimum atomic E-state index is -0.545. The van der Waals surface area contributed by atoms with Crippen LogP contribution in [0.15, 0.2) is 91.0 Å². The Labute approximate surface area is 194 Å². The molecule has 168 valence electrons. The van der Waals surface area contributed by atoms with Gasteiger partial charge < -0.3 is 9.64 Å². The lowest BCUT2D eigenvalue weighted by Crippen LogP contribution is -2.39. The summed E-state index contributed by atoms with van der Waals surface area (Å²) in [6, 6.07) is 29.6. The van der Waals surface area contributed by atoms with Crippen LogP contribution in [0.25, 0.3) is 0 Å². The fourth-order valence-corrected chi connectivity index (χ4v) is 5.03. The molecule has 2 saturated heterocycles. The molecule has 0 unspecified atom stereocenters. The SMILES string of the molecule is O=C(C(c1ccccc1)c1ccccc1)N1CCC[C@@]2(CC1)CN(c1ccccc1)C(=O)O2. The van der Waals surface area contributed by atoms with E-state index >= 15 is 0 Å². The minimum Gasteiger partial charge on any atom is -0.441 e. The molecular weight excluding hydrogens is 412 g/mol. The third kappa shape index (κ3) is 4.36. The van der Waals surface area contributed by atoms with Crippen molar-refractivity contribution in [3.05, 3.63) is 102 Å². The van der Waals surface area contributed by atoms with E-state index in [9.17, 15) is 9.59 Å². The van der Waals surface area contributed by atoms with Crippen LogP contribution in [0.2, 0.25) is 0 Å². The Kier molecular flexibility index (Phi) is 5.86. The van der Waals surface area contributed by atoms with Crippen LogP contribution in [0.5, 0.6) is 0 Å². The topological polar surface area (TPSA) is 49.9 Å². The van der Waals surface area contributed by atoms with Gasteiger partial charge >= 0.3 is 6.09 Å². The molecule has 2 aliphatic heterocycles. The predicted octanol–water partition coefficient (Wildman–Crippen LogP) is 5.23. The Morgan fingerprint density at radius 2 is 1.36 bits per heavy atom. The number of nitrogens with zero attached hydrogens (tertiary/aromatic N) is 2. The number of anilines is 1. The van der Waals surface area contributed by atoms with E-state index < -0.39 is 5.60 Å². The molecule has 0 aromatic heterocycles. The van der Waals surface area contributed by atoms with E-state index in [-0.39, 0.29) is 17.9 Å². The van der Waals surface area contributed by atoms with Crippen LogP contribution in [0.1, 0.15) is 36.3 Å². The van der Waals surface area contributed by atoms with E-state index in [4.69, 9.17) is 4.74 Å². The maximum absolute atomic E-state index is 13.8. The van der Waals surface area contributed by atoms with Crippen LogP contribution in [0, 0.1) is 0 Å². The van der Waals surface area contributed by atoms with E-state index in [1.54, 1.807) is 4.90 Å². The first-order chi connectivity index (χ1) is 16.2. The molecule has 2 amide bonds. The molecule has 0 radical (unpaired) electrons. The molecule has 2 fully saturated rings. The van der Waals surface area contributed by atoms with E-state index in [0.717, 1.165) is 29.7 Å². The van der Waals surface area contributed by atoms with Gasteiger partial charge in [-0.05, 0) is 36.1 Å². The van der Waals surface area contributed by atoms with Gasteiger partial charge in [0, 0.05) is 25.2 Å². The molecule has 0 aliphatic carbocycles. The number of carbonyl (C=O) groups is 2. The first-order valence-electron chi connectivity index (χ1n) is 11.6. The number of amides is 2. The molecule has 3 aromatic rings. The summed E-state index contributed by atoms with van der Waals surface area (Å²) in [7, 11) is 0. The van der Waals surface area contributed by atoms with E-state index in [0.29, 0.717) is 26.1 Å². The Hall–Kier alpha value is -3.60. The van der Waals surface area contributed by atoms with Crippen molar-refractivity contribution in [3.8, 4) is 0 Å². The highest BCUT2D eigenvalue weighted by Crippen LogP contribution is 2.37. The lowest BCUT2D eigenvalue weighted by atomic mass is 9.90. The fourth-order valence-electron chi connectivity index (χ4n) is 5.03. The standard InChI is InChI=1S/C28H28N2O3/c31-26(25(22-11-4-1-5-12-22)23-13-6-2-7-14-23)29-19-10-17-28(18-20-29)21-30(27(32)33-28)24-15-8-3-9-16-24/h1-9,11-16,25H,10,17-21H2/t28-/m1/s1. The van der Waals surface area contributed by atoms with Gasteiger partial charge in [-0.3, -0.25) is 9.69 Å². The normalized spacial score (nSPS) is 20.7. The molecule has 0 bridgehead atoms. The van der Waals surface area contributed by atoms with Gasteiger partial charge in [0.1, 0.15) is 5.60 Å². The second-order valence-corrected chi connectivity index (χ2v) is 8.91. The Morgan fingerprint density at radius 3 is 1.97 bits per heavy atom. The maximum Gasteiger partial charge on any atom is 0.415 e. The number of rotatable bonds is 4. The number of hydrogen-bond donors (Lipinski definition) is 0.